The van der Waals surface area contributed by atoms with Crippen molar-refractivity contribution in [3.05, 3.63) is 156 Å². The molecule has 0 bridgehead atoms. The summed E-state index contributed by atoms with van der Waals surface area (Å²) in [5.74, 6) is 0.691. The number of halogens is 2. The fourth-order valence-corrected chi connectivity index (χ4v) is 4.94. The predicted molar refractivity (Wildman–Crippen MR) is 199 cm³/mol. The normalized spacial score (nSPS) is 10.5. The number of benzene rings is 4. The van der Waals surface area contributed by atoms with Gasteiger partial charge >= 0.3 is 5.97 Å². The Morgan fingerprint density at radius 1 is 0.649 bits per heavy atom. The number of aryl methyl sites for hydroxylation is 2. The molecule has 4 aromatic carbocycles. The van der Waals surface area contributed by atoms with Gasteiger partial charge in [0.05, 0.1) is 23.5 Å². The predicted octanol–water partition coefficient (Wildman–Crippen LogP) is 7.45. The van der Waals surface area contributed by atoms with Crippen molar-refractivity contribution in [2.24, 2.45) is 5.73 Å². The second-order valence-electron chi connectivity index (χ2n) is 11.9. The van der Waals surface area contributed by atoms with E-state index in [0.717, 1.165) is 5.56 Å². The van der Waals surface area contributed by atoms with Crippen LogP contribution in [0.2, 0.25) is 0 Å². The van der Waals surface area contributed by atoms with Gasteiger partial charge in [-0.2, -0.15) is 9.97 Å². The van der Waals surface area contributed by atoms with Crippen LogP contribution in [-0.4, -0.2) is 47.2 Å². The molecule has 57 heavy (non-hydrogen) atoms. The van der Waals surface area contributed by atoms with Gasteiger partial charge in [0.25, 0.3) is 5.91 Å². The SMILES string of the molecule is Cc1nc(-c2cccc(C(=O)NCc3coc(-c4ccc(F)cc4)n3)c2)no1.Cc1nc(-c2cccc(C(=O)O)c2)no1.NCc1coc(-c2ccc(F)cc2)n1. The van der Waals surface area contributed by atoms with Crippen LogP contribution >= 0.6 is 0 Å². The van der Waals surface area contributed by atoms with Crippen molar-refractivity contribution in [3.63, 3.8) is 0 Å². The first kappa shape index (κ1) is 39.0. The second-order valence-corrected chi connectivity index (χ2v) is 11.9. The van der Waals surface area contributed by atoms with Crippen LogP contribution in [0.4, 0.5) is 8.78 Å². The first-order chi connectivity index (χ1) is 27.5. The van der Waals surface area contributed by atoms with E-state index in [1.807, 2.05) is 0 Å². The van der Waals surface area contributed by atoms with E-state index in [1.54, 1.807) is 74.5 Å². The molecule has 0 aliphatic rings. The van der Waals surface area contributed by atoms with Crippen molar-refractivity contribution in [2.45, 2.75) is 26.9 Å². The number of nitrogens with zero attached hydrogens (tertiary/aromatic N) is 6. The summed E-state index contributed by atoms with van der Waals surface area (Å²) in [6, 6.07) is 25.1. The van der Waals surface area contributed by atoms with Crippen LogP contribution in [0.15, 0.2) is 127 Å². The summed E-state index contributed by atoms with van der Waals surface area (Å²) < 4.78 is 46.0. The Kier molecular flexibility index (Phi) is 12.4. The van der Waals surface area contributed by atoms with Gasteiger partial charge in [0.2, 0.25) is 35.2 Å². The highest BCUT2D eigenvalue weighted by molar-refractivity contribution is 5.95. The van der Waals surface area contributed by atoms with Gasteiger partial charge in [-0.3, -0.25) is 4.79 Å². The minimum absolute atomic E-state index is 0.190. The highest BCUT2D eigenvalue weighted by atomic mass is 19.1. The molecule has 15 nitrogen and oxygen atoms in total. The topological polar surface area (TPSA) is 222 Å². The molecule has 0 saturated carbocycles. The Morgan fingerprint density at radius 3 is 1.58 bits per heavy atom. The van der Waals surface area contributed by atoms with Crippen molar-refractivity contribution in [3.8, 4) is 45.7 Å². The smallest absolute Gasteiger partial charge is 0.335 e. The summed E-state index contributed by atoms with van der Waals surface area (Å²) >= 11 is 0. The number of hydrogen-bond donors (Lipinski definition) is 3. The molecule has 0 radical (unpaired) electrons. The Labute approximate surface area is 322 Å². The molecule has 4 heterocycles. The lowest BCUT2D eigenvalue weighted by molar-refractivity contribution is 0.0696. The third-order valence-electron chi connectivity index (χ3n) is 7.73. The minimum Gasteiger partial charge on any atom is -0.478 e. The summed E-state index contributed by atoms with van der Waals surface area (Å²) in [5.41, 5.74) is 10.00. The second kappa shape index (κ2) is 18.1. The van der Waals surface area contributed by atoms with Gasteiger partial charge in [0, 0.05) is 48.2 Å². The van der Waals surface area contributed by atoms with Gasteiger partial charge in [-0.25, -0.2) is 23.5 Å². The Bertz CT molecular complexity index is 2580. The average Bonchev–Trinajstić information content (AvgIpc) is 4.07. The van der Waals surface area contributed by atoms with Gasteiger partial charge in [0.15, 0.2) is 0 Å². The number of carbonyl (C=O) groups excluding carboxylic acids is 1. The summed E-state index contributed by atoms with van der Waals surface area (Å²) in [6.07, 6.45) is 2.95. The molecular formula is C40H32F2N8O7. The summed E-state index contributed by atoms with van der Waals surface area (Å²) in [4.78, 5) is 39.8. The zero-order chi connectivity index (χ0) is 40.3. The fourth-order valence-electron chi connectivity index (χ4n) is 4.94. The van der Waals surface area contributed by atoms with Crippen LogP contribution in [0.1, 0.15) is 43.9 Å². The number of oxazole rings is 2. The number of carboxylic acid groups (broad SMARTS) is 1. The molecule has 1 amide bonds. The molecular weight excluding hydrogens is 742 g/mol. The summed E-state index contributed by atoms with van der Waals surface area (Å²) in [6.45, 7) is 3.91. The third kappa shape index (κ3) is 10.5. The summed E-state index contributed by atoms with van der Waals surface area (Å²) in [5, 5.41) is 19.1. The highest BCUT2D eigenvalue weighted by Gasteiger charge is 2.13. The third-order valence-corrected chi connectivity index (χ3v) is 7.73. The molecule has 288 valence electrons. The van der Waals surface area contributed by atoms with Crippen LogP contribution < -0.4 is 11.1 Å². The molecule has 0 spiro atoms. The van der Waals surface area contributed by atoms with E-state index in [0.29, 0.717) is 75.4 Å². The minimum atomic E-state index is -0.975. The van der Waals surface area contributed by atoms with E-state index in [2.05, 4.69) is 35.6 Å². The molecule has 4 aromatic heterocycles. The van der Waals surface area contributed by atoms with Crippen molar-refractivity contribution in [1.82, 2.24) is 35.6 Å². The molecule has 4 N–H and O–H groups in total. The van der Waals surface area contributed by atoms with E-state index in [4.69, 9.17) is 28.7 Å². The van der Waals surface area contributed by atoms with Crippen molar-refractivity contribution >= 4 is 11.9 Å². The lowest BCUT2D eigenvalue weighted by atomic mass is 10.1. The number of carbonyl (C=O) groups is 2. The number of nitrogens with one attached hydrogen (secondary N) is 1. The van der Waals surface area contributed by atoms with E-state index in [1.165, 1.54) is 48.9 Å². The Balaban J connectivity index is 0.000000159. The molecule has 17 heteroatoms. The van der Waals surface area contributed by atoms with Crippen LogP contribution in [0.25, 0.3) is 45.7 Å². The Morgan fingerprint density at radius 2 is 1.12 bits per heavy atom. The van der Waals surface area contributed by atoms with Gasteiger partial charge in [-0.05, 0) is 72.8 Å². The molecule has 8 aromatic rings. The van der Waals surface area contributed by atoms with Crippen molar-refractivity contribution < 1.29 is 41.4 Å². The molecule has 0 fully saturated rings. The van der Waals surface area contributed by atoms with Crippen LogP contribution in [0.5, 0.6) is 0 Å². The highest BCUT2D eigenvalue weighted by Crippen LogP contribution is 2.21. The first-order valence-corrected chi connectivity index (χ1v) is 17.0. The van der Waals surface area contributed by atoms with Crippen LogP contribution in [-0.2, 0) is 13.1 Å². The number of carboxylic acids is 1. The number of aromatic carboxylic acids is 1. The quantitative estimate of drug-likeness (QED) is 0.130. The molecule has 0 aliphatic heterocycles. The van der Waals surface area contributed by atoms with Gasteiger partial charge < -0.3 is 34.0 Å². The van der Waals surface area contributed by atoms with Crippen LogP contribution in [0.3, 0.4) is 0 Å². The number of hydrogen-bond acceptors (Lipinski definition) is 13. The standard InChI is InChI=1S/C20H15FN4O3.C10H9FN2O.C10H8N2O3/c1-12-23-18(25-28-12)14-3-2-4-15(9-14)19(26)22-10-17-11-27-20(24-17)13-5-7-16(21)8-6-13;11-8-3-1-7(2-4-8)10-13-9(5-12)6-14-10;1-6-11-9(12-15-6)7-3-2-4-8(5-7)10(13)14/h2-9,11H,10H2,1H3,(H,22,26);1-4,6H,5,12H2;2-5H,1H3,(H,13,14). The van der Waals surface area contributed by atoms with Crippen LogP contribution in [0, 0.1) is 25.5 Å². The number of amides is 1. The maximum absolute atomic E-state index is 13.0. The zero-order valence-corrected chi connectivity index (χ0v) is 30.2. The Hall–Kier alpha value is -7.66. The average molecular weight is 775 g/mol. The number of nitrogens with two attached hydrogens (primary N) is 1. The monoisotopic (exact) mass is 774 g/mol. The molecule has 0 saturated heterocycles. The molecule has 0 unspecified atom stereocenters. The maximum atomic E-state index is 13.0. The first-order valence-electron chi connectivity index (χ1n) is 17.0. The molecule has 0 aliphatic carbocycles. The number of aromatic nitrogens is 6. The maximum Gasteiger partial charge on any atom is 0.335 e. The van der Waals surface area contributed by atoms with E-state index in [-0.39, 0.29) is 29.6 Å². The lowest BCUT2D eigenvalue weighted by Crippen LogP contribution is -2.22. The fraction of sp³-hybridized carbons (Fsp3) is 0.100. The van der Waals surface area contributed by atoms with Gasteiger partial charge in [0.1, 0.15) is 24.2 Å². The van der Waals surface area contributed by atoms with Crippen molar-refractivity contribution in [2.75, 3.05) is 0 Å². The van der Waals surface area contributed by atoms with Gasteiger partial charge in [-0.15, -0.1) is 0 Å². The lowest BCUT2D eigenvalue weighted by Gasteiger charge is -2.04. The molecule has 0 atom stereocenters. The summed E-state index contributed by atoms with van der Waals surface area (Å²) in [7, 11) is 0. The van der Waals surface area contributed by atoms with Crippen molar-refractivity contribution in [1.29, 1.82) is 0 Å². The van der Waals surface area contributed by atoms with E-state index >= 15 is 0 Å². The molecule has 8 rings (SSSR count). The number of rotatable bonds is 9. The van der Waals surface area contributed by atoms with E-state index in [9.17, 15) is 18.4 Å². The van der Waals surface area contributed by atoms with E-state index < -0.39 is 5.97 Å². The largest absolute Gasteiger partial charge is 0.478 e. The zero-order valence-electron chi connectivity index (χ0n) is 30.2. The van der Waals surface area contributed by atoms with Gasteiger partial charge in [-0.1, -0.05) is 34.6 Å².